The Balaban J connectivity index is 0.00000225. The van der Waals surface area contributed by atoms with Crippen LogP contribution in [0.2, 0.25) is 0 Å². The molecular formula is C21H30ClN3O2S. The minimum Gasteiger partial charge on any atom is -0.379 e. The third-order valence-electron chi connectivity index (χ3n) is 6.02. The summed E-state index contributed by atoms with van der Waals surface area (Å²) in [5.41, 5.74) is 3.52. The van der Waals surface area contributed by atoms with Gasteiger partial charge >= 0.3 is 0 Å². The number of ether oxygens (including phenoxy) is 1. The van der Waals surface area contributed by atoms with Crippen molar-refractivity contribution in [3.05, 3.63) is 23.3 Å². The van der Waals surface area contributed by atoms with E-state index in [4.69, 9.17) is 9.72 Å². The Labute approximate surface area is 177 Å². The maximum atomic E-state index is 13.3. The summed E-state index contributed by atoms with van der Waals surface area (Å²) in [7, 11) is 0. The molecule has 2 heterocycles. The Kier molecular flexibility index (Phi) is 7.31. The molecule has 154 valence electrons. The number of rotatable bonds is 5. The van der Waals surface area contributed by atoms with Gasteiger partial charge in [-0.3, -0.25) is 14.6 Å². The van der Waals surface area contributed by atoms with Crippen LogP contribution in [0.1, 0.15) is 36.8 Å². The van der Waals surface area contributed by atoms with Crippen molar-refractivity contribution in [1.82, 2.24) is 9.88 Å². The highest BCUT2D eigenvalue weighted by molar-refractivity contribution is 7.22. The first-order chi connectivity index (χ1) is 13.1. The fourth-order valence-electron chi connectivity index (χ4n) is 4.09. The van der Waals surface area contributed by atoms with Crippen LogP contribution in [0.4, 0.5) is 5.13 Å². The van der Waals surface area contributed by atoms with E-state index in [2.05, 4.69) is 30.9 Å². The van der Waals surface area contributed by atoms with E-state index < -0.39 is 0 Å². The lowest BCUT2D eigenvalue weighted by Gasteiger charge is -2.30. The normalized spacial score (nSPS) is 18.4. The van der Waals surface area contributed by atoms with Crippen molar-refractivity contribution in [3.63, 3.8) is 0 Å². The second kappa shape index (κ2) is 9.53. The number of halogens is 1. The van der Waals surface area contributed by atoms with Gasteiger partial charge in [-0.1, -0.05) is 30.2 Å². The molecule has 4 rings (SSSR count). The second-order valence-corrected chi connectivity index (χ2v) is 8.79. The number of carbonyl (C=O) groups is 1. The Morgan fingerprint density at radius 3 is 2.68 bits per heavy atom. The third-order valence-corrected chi connectivity index (χ3v) is 7.06. The predicted molar refractivity (Wildman–Crippen MR) is 118 cm³/mol. The fraction of sp³-hybridized carbons (Fsp3) is 0.619. The number of amides is 1. The van der Waals surface area contributed by atoms with Gasteiger partial charge in [-0.05, 0) is 43.9 Å². The summed E-state index contributed by atoms with van der Waals surface area (Å²) >= 11 is 1.65. The van der Waals surface area contributed by atoms with Crippen molar-refractivity contribution in [2.75, 3.05) is 44.3 Å². The molecule has 0 N–H and O–H groups in total. The zero-order valence-corrected chi connectivity index (χ0v) is 18.4. The Morgan fingerprint density at radius 1 is 1.25 bits per heavy atom. The van der Waals surface area contributed by atoms with E-state index in [1.165, 1.54) is 28.7 Å². The lowest BCUT2D eigenvalue weighted by Crippen LogP contribution is -2.44. The summed E-state index contributed by atoms with van der Waals surface area (Å²) in [5, 5.41) is 0.865. The summed E-state index contributed by atoms with van der Waals surface area (Å²) in [6, 6.07) is 4.29. The van der Waals surface area contributed by atoms with E-state index in [-0.39, 0.29) is 24.2 Å². The van der Waals surface area contributed by atoms with E-state index in [1.807, 2.05) is 4.90 Å². The third kappa shape index (κ3) is 4.51. The zero-order chi connectivity index (χ0) is 18.8. The molecule has 7 heteroatoms. The van der Waals surface area contributed by atoms with Crippen molar-refractivity contribution >= 4 is 45.0 Å². The first-order valence-electron chi connectivity index (χ1n) is 10.1. The molecule has 1 aliphatic heterocycles. The average Bonchev–Trinajstić information content (AvgIpc) is 3.36. The molecule has 0 bridgehead atoms. The second-order valence-electron chi connectivity index (χ2n) is 7.78. The molecule has 0 radical (unpaired) electrons. The van der Waals surface area contributed by atoms with Crippen LogP contribution < -0.4 is 4.90 Å². The van der Waals surface area contributed by atoms with Crippen molar-refractivity contribution < 1.29 is 9.53 Å². The topological polar surface area (TPSA) is 45.7 Å². The average molecular weight is 424 g/mol. The molecule has 2 aromatic rings. The van der Waals surface area contributed by atoms with Crippen LogP contribution in [0.5, 0.6) is 0 Å². The molecule has 1 aliphatic carbocycles. The molecule has 1 aromatic carbocycles. The van der Waals surface area contributed by atoms with Gasteiger partial charge in [0.15, 0.2) is 5.13 Å². The predicted octanol–water partition coefficient (Wildman–Crippen LogP) is 4.19. The molecule has 0 spiro atoms. The molecule has 5 nitrogen and oxygen atoms in total. The highest BCUT2D eigenvalue weighted by Crippen LogP contribution is 2.34. The largest absolute Gasteiger partial charge is 0.379 e. The van der Waals surface area contributed by atoms with Crippen LogP contribution in [0, 0.1) is 19.8 Å². The monoisotopic (exact) mass is 423 g/mol. The Bertz CT molecular complexity index is 813. The SMILES string of the molecule is Cc1ccc2sc(N(CCN3CCOCC3)C(=O)C3CCCC3)nc2c1C.Cl. The molecule has 28 heavy (non-hydrogen) atoms. The Morgan fingerprint density at radius 2 is 1.96 bits per heavy atom. The number of nitrogens with zero attached hydrogens (tertiary/aromatic N) is 3. The standard InChI is InChI=1S/C21H29N3O2S.ClH/c1-15-7-8-18-19(16(15)2)22-21(27-18)24(20(25)17-5-3-4-6-17)10-9-23-11-13-26-14-12-23;/h7-8,17H,3-6,9-14H2,1-2H3;1H. The molecule has 2 fully saturated rings. The Hall–Kier alpha value is -1.21. The molecule has 0 unspecified atom stereocenters. The van der Waals surface area contributed by atoms with Gasteiger partial charge in [0.05, 0.1) is 23.4 Å². The summed E-state index contributed by atoms with van der Waals surface area (Å²) in [6.07, 6.45) is 4.39. The van der Waals surface area contributed by atoms with Gasteiger partial charge in [-0.2, -0.15) is 0 Å². The van der Waals surface area contributed by atoms with Crippen LogP contribution in [-0.4, -0.2) is 55.2 Å². The van der Waals surface area contributed by atoms with E-state index >= 15 is 0 Å². The number of fused-ring (bicyclic) bond motifs is 1. The molecule has 2 aliphatic rings. The van der Waals surface area contributed by atoms with Crippen LogP contribution in [-0.2, 0) is 9.53 Å². The number of anilines is 1. The van der Waals surface area contributed by atoms with Crippen molar-refractivity contribution in [2.24, 2.45) is 5.92 Å². The van der Waals surface area contributed by atoms with E-state index in [9.17, 15) is 4.79 Å². The zero-order valence-electron chi connectivity index (χ0n) is 16.8. The number of morpholine rings is 1. The number of hydrogen-bond acceptors (Lipinski definition) is 5. The molecule has 1 aromatic heterocycles. The van der Waals surface area contributed by atoms with Crippen LogP contribution >= 0.6 is 23.7 Å². The van der Waals surface area contributed by atoms with Crippen LogP contribution in [0.15, 0.2) is 12.1 Å². The lowest BCUT2D eigenvalue weighted by atomic mass is 10.1. The van der Waals surface area contributed by atoms with Gasteiger partial charge in [0.1, 0.15) is 0 Å². The number of benzene rings is 1. The first kappa shape index (κ1) is 21.5. The first-order valence-corrected chi connectivity index (χ1v) is 10.9. The minimum atomic E-state index is 0. The van der Waals surface area contributed by atoms with Crippen LogP contribution in [0.3, 0.4) is 0 Å². The van der Waals surface area contributed by atoms with Gasteiger partial charge in [-0.25, -0.2) is 4.98 Å². The quantitative estimate of drug-likeness (QED) is 0.723. The van der Waals surface area contributed by atoms with Gasteiger partial charge in [0.2, 0.25) is 5.91 Å². The summed E-state index contributed by atoms with van der Waals surface area (Å²) < 4.78 is 6.62. The highest BCUT2D eigenvalue weighted by Gasteiger charge is 2.30. The summed E-state index contributed by atoms with van der Waals surface area (Å²) in [6.45, 7) is 9.31. The maximum Gasteiger partial charge on any atom is 0.231 e. The van der Waals surface area contributed by atoms with Crippen molar-refractivity contribution in [2.45, 2.75) is 39.5 Å². The van der Waals surface area contributed by atoms with Crippen molar-refractivity contribution in [1.29, 1.82) is 0 Å². The molecule has 1 saturated carbocycles. The van der Waals surface area contributed by atoms with Gasteiger partial charge in [-0.15, -0.1) is 12.4 Å². The van der Waals surface area contributed by atoms with Crippen molar-refractivity contribution in [3.8, 4) is 0 Å². The van der Waals surface area contributed by atoms with Crippen LogP contribution in [0.25, 0.3) is 10.2 Å². The maximum absolute atomic E-state index is 13.3. The number of aryl methyl sites for hydroxylation is 2. The molecular weight excluding hydrogens is 394 g/mol. The molecule has 1 saturated heterocycles. The smallest absolute Gasteiger partial charge is 0.231 e. The van der Waals surface area contributed by atoms with Gasteiger partial charge in [0.25, 0.3) is 0 Å². The lowest BCUT2D eigenvalue weighted by molar-refractivity contribution is -0.122. The summed E-state index contributed by atoms with van der Waals surface area (Å²) in [4.78, 5) is 22.6. The number of hydrogen-bond donors (Lipinski definition) is 0. The number of thiazole rings is 1. The van der Waals surface area contributed by atoms with Gasteiger partial charge in [0, 0.05) is 32.1 Å². The van der Waals surface area contributed by atoms with Gasteiger partial charge < -0.3 is 4.74 Å². The summed E-state index contributed by atoms with van der Waals surface area (Å²) in [5.74, 6) is 0.443. The fourth-order valence-corrected chi connectivity index (χ4v) is 5.15. The highest BCUT2D eigenvalue weighted by atomic mass is 35.5. The van der Waals surface area contributed by atoms with E-state index in [1.54, 1.807) is 11.3 Å². The molecule has 1 amide bonds. The number of carbonyl (C=O) groups excluding carboxylic acids is 1. The minimum absolute atomic E-state index is 0. The van der Waals surface area contributed by atoms with E-state index in [0.29, 0.717) is 6.54 Å². The molecule has 0 atom stereocenters. The number of aromatic nitrogens is 1. The van der Waals surface area contributed by atoms with E-state index in [0.717, 1.165) is 56.3 Å².